The molecule has 2 aromatic carbocycles. The van der Waals surface area contributed by atoms with E-state index in [2.05, 4.69) is 21.2 Å². The van der Waals surface area contributed by atoms with Crippen molar-refractivity contribution < 1.29 is 19.1 Å². The van der Waals surface area contributed by atoms with Crippen LogP contribution in [0.25, 0.3) is 6.08 Å². The topological polar surface area (TPSA) is 64.6 Å². The Labute approximate surface area is 148 Å². The summed E-state index contributed by atoms with van der Waals surface area (Å²) in [6, 6.07) is 12.1. The van der Waals surface area contributed by atoms with Gasteiger partial charge in [0.1, 0.15) is 11.5 Å². The van der Waals surface area contributed by atoms with Gasteiger partial charge in [-0.25, -0.2) is 0 Å². The minimum absolute atomic E-state index is 0.308. The molecule has 0 saturated heterocycles. The second-order valence-electron chi connectivity index (χ2n) is 4.83. The number of amides is 1. The van der Waals surface area contributed by atoms with Crippen LogP contribution in [0, 0.1) is 0 Å². The molecular formula is C18H16BrNO4. The van der Waals surface area contributed by atoms with Crippen molar-refractivity contribution in [3.8, 4) is 11.5 Å². The monoisotopic (exact) mass is 389 g/mol. The molecule has 6 heteroatoms. The van der Waals surface area contributed by atoms with Crippen LogP contribution in [0.3, 0.4) is 0 Å². The molecule has 0 aliphatic carbocycles. The molecule has 1 amide bonds. The maximum Gasteiger partial charge on any atom is 0.308 e. The van der Waals surface area contributed by atoms with E-state index in [0.717, 1.165) is 10.0 Å². The van der Waals surface area contributed by atoms with Crippen LogP contribution in [0.5, 0.6) is 11.5 Å². The van der Waals surface area contributed by atoms with E-state index in [1.807, 2.05) is 18.2 Å². The van der Waals surface area contributed by atoms with Crippen LogP contribution in [-0.2, 0) is 9.59 Å². The fourth-order valence-corrected chi connectivity index (χ4v) is 2.37. The second-order valence-corrected chi connectivity index (χ2v) is 5.75. The van der Waals surface area contributed by atoms with E-state index in [1.54, 1.807) is 37.5 Å². The van der Waals surface area contributed by atoms with Gasteiger partial charge in [0.2, 0.25) is 5.91 Å². The predicted octanol–water partition coefficient (Wildman–Crippen LogP) is 4.03. The molecule has 0 unspecified atom stereocenters. The van der Waals surface area contributed by atoms with Crippen LogP contribution in [0.2, 0.25) is 0 Å². The number of carbonyl (C=O) groups is 2. The molecule has 0 fully saturated rings. The average molecular weight is 390 g/mol. The molecule has 0 heterocycles. The molecule has 0 atom stereocenters. The summed E-state index contributed by atoms with van der Waals surface area (Å²) in [6.45, 7) is 1.32. The van der Waals surface area contributed by atoms with Crippen LogP contribution in [0.1, 0.15) is 12.5 Å². The number of benzene rings is 2. The van der Waals surface area contributed by atoms with Gasteiger partial charge in [-0.3, -0.25) is 9.59 Å². The Morgan fingerprint density at radius 2 is 1.96 bits per heavy atom. The molecule has 0 saturated carbocycles. The number of methoxy groups -OCH3 is 1. The molecule has 0 spiro atoms. The summed E-state index contributed by atoms with van der Waals surface area (Å²) in [6.07, 6.45) is 3.07. The first-order chi connectivity index (χ1) is 11.5. The smallest absolute Gasteiger partial charge is 0.308 e. The van der Waals surface area contributed by atoms with Crippen molar-refractivity contribution in [2.24, 2.45) is 0 Å². The molecule has 24 heavy (non-hydrogen) atoms. The number of esters is 1. The number of ether oxygens (including phenoxy) is 2. The van der Waals surface area contributed by atoms with E-state index in [0.29, 0.717) is 17.2 Å². The fourth-order valence-electron chi connectivity index (χ4n) is 1.99. The lowest BCUT2D eigenvalue weighted by Crippen LogP contribution is -2.08. The average Bonchev–Trinajstić information content (AvgIpc) is 2.53. The van der Waals surface area contributed by atoms with Crippen molar-refractivity contribution in [3.63, 3.8) is 0 Å². The molecule has 0 aliphatic rings. The van der Waals surface area contributed by atoms with E-state index < -0.39 is 5.97 Å². The molecule has 2 aromatic rings. The first-order valence-electron chi connectivity index (χ1n) is 7.09. The minimum Gasteiger partial charge on any atom is -0.496 e. The zero-order valence-electron chi connectivity index (χ0n) is 13.2. The maximum absolute atomic E-state index is 12.0. The highest BCUT2D eigenvalue weighted by Gasteiger charge is 2.04. The number of nitrogens with one attached hydrogen (secondary N) is 1. The highest BCUT2D eigenvalue weighted by molar-refractivity contribution is 9.10. The standard InChI is InChI=1S/C18H16BrNO4/c1-12(21)24-16-5-3-4-15(11-16)20-18(22)9-6-13-10-14(19)7-8-17(13)23-2/h3-11H,1-2H3,(H,20,22)/b9-6+. The van der Waals surface area contributed by atoms with Gasteiger partial charge in [0, 0.05) is 34.8 Å². The lowest BCUT2D eigenvalue weighted by Gasteiger charge is -2.06. The lowest BCUT2D eigenvalue weighted by atomic mass is 10.2. The third kappa shape index (κ3) is 5.24. The van der Waals surface area contributed by atoms with Gasteiger partial charge < -0.3 is 14.8 Å². The van der Waals surface area contributed by atoms with Gasteiger partial charge in [0.15, 0.2) is 0 Å². The molecule has 1 N–H and O–H groups in total. The van der Waals surface area contributed by atoms with E-state index in [1.165, 1.54) is 13.0 Å². The lowest BCUT2D eigenvalue weighted by molar-refractivity contribution is -0.131. The Morgan fingerprint density at radius 3 is 2.67 bits per heavy atom. The van der Waals surface area contributed by atoms with Crippen LogP contribution in [0.4, 0.5) is 5.69 Å². The normalized spacial score (nSPS) is 10.5. The molecule has 0 bridgehead atoms. The summed E-state index contributed by atoms with van der Waals surface area (Å²) in [5.41, 5.74) is 1.31. The Morgan fingerprint density at radius 1 is 1.17 bits per heavy atom. The minimum atomic E-state index is -0.417. The number of carbonyl (C=O) groups excluding carboxylic acids is 2. The summed E-state index contributed by atoms with van der Waals surface area (Å²) in [5.74, 6) is 0.314. The van der Waals surface area contributed by atoms with E-state index >= 15 is 0 Å². The highest BCUT2D eigenvalue weighted by atomic mass is 79.9. The summed E-state index contributed by atoms with van der Waals surface area (Å²) in [5, 5.41) is 2.71. The van der Waals surface area contributed by atoms with Crippen molar-refractivity contribution >= 4 is 39.6 Å². The molecule has 0 aliphatic heterocycles. The van der Waals surface area contributed by atoms with Crippen LogP contribution < -0.4 is 14.8 Å². The third-order valence-corrected chi connectivity index (χ3v) is 3.46. The zero-order chi connectivity index (χ0) is 17.5. The van der Waals surface area contributed by atoms with Gasteiger partial charge in [-0.15, -0.1) is 0 Å². The van der Waals surface area contributed by atoms with E-state index in [-0.39, 0.29) is 5.91 Å². The number of rotatable bonds is 5. The van der Waals surface area contributed by atoms with Gasteiger partial charge in [0.05, 0.1) is 7.11 Å². The summed E-state index contributed by atoms with van der Waals surface area (Å²) in [4.78, 5) is 23.0. The Kier molecular flexibility index (Phi) is 6.14. The maximum atomic E-state index is 12.0. The Hall–Kier alpha value is -2.60. The second kappa shape index (κ2) is 8.31. The van der Waals surface area contributed by atoms with Gasteiger partial charge >= 0.3 is 5.97 Å². The van der Waals surface area contributed by atoms with Crippen molar-refractivity contribution in [1.29, 1.82) is 0 Å². The summed E-state index contributed by atoms with van der Waals surface area (Å²) >= 11 is 3.38. The SMILES string of the molecule is COc1ccc(Br)cc1/C=C/C(=O)Nc1cccc(OC(C)=O)c1. The van der Waals surface area contributed by atoms with Crippen molar-refractivity contribution in [2.45, 2.75) is 6.92 Å². The molecule has 0 aromatic heterocycles. The Bertz CT molecular complexity index is 786. The number of anilines is 1. The van der Waals surface area contributed by atoms with E-state index in [4.69, 9.17) is 9.47 Å². The summed E-state index contributed by atoms with van der Waals surface area (Å²) in [7, 11) is 1.57. The molecular weight excluding hydrogens is 374 g/mol. The third-order valence-electron chi connectivity index (χ3n) is 2.97. The molecule has 124 valence electrons. The van der Waals surface area contributed by atoms with Gasteiger partial charge in [0.25, 0.3) is 0 Å². The van der Waals surface area contributed by atoms with Crippen molar-refractivity contribution in [2.75, 3.05) is 12.4 Å². The summed E-state index contributed by atoms with van der Waals surface area (Å²) < 4.78 is 11.1. The quantitative estimate of drug-likeness (QED) is 0.476. The zero-order valence-corrected chi connectivity index (χ0v) is 14.8. The van der Waals surface area contributed by atoms with Gasteiger partial charge in [-0.05, 0) is 36.4 Å². The van der Waals surface area contributed by atoms with Gasteiger partial charge in [-0.2, -0.15) is 0 Å². The largest absolute Gasteiger partial charge is 0.496 e. The van der Waals surface area contributed by atoms with Crippen molar-refractivity contribution in [3.05, 3.63) is 58.6 Å². The van der Waals surface area contributed by atoms with Gasteiger partial charge in [-0.1, -0.05) is 22.0 Å². The van der Waals surface area contributed by atoms with Crippen LogP contribution in [-0.4, -0.2) is 19.0 Å². The van der Waals surface area contributed by atoms with Crippen molar-refractivity contribution in [1.82, 2.24) is 0 Å². The van der Waals surface area contributed by atoms with Crippen LogP contribution in [0.15, 0.2) is 53.0 Å². The molecule has 5 nitrogen and oxygen atoms in total. The number of halogens is 1. The fraction of sp³-hybridized carbons (Fsp3) is 0.111. The van der Waals surface area contributed by atoms with E-state index in [9.17, 15) is 9.59 Å². The Balaban J connectivity index is 2.08. The molecule has 2 rings (SSSR count). The first kappa shape index (κ1) is 17.7. The first-order valence-corrected chi connectivity index (χ1v) is 7.88. The highest BCUT2D eigenvalue weighted by Crippen LogP contribution is 2.24. The van der Waals surface area contributed by atoms with Crippen LogP contribution >= 0.6 is 15.9 Å². The number of hydrogen-bond donors (Lipinski definition) is 1. The predicted molar refractivity (Wildman–Crippen MR) is 96.1 cm³/mol. The number of hydrogen-bond acceptors (Lipinski definition) is 4. The molecule has 0 radical (unpaired) electrons.